The maximum atomic E-state index is 13.1. The average Bonchev–Trinajstić information content (AvgIpc) is 2.00. The van der Waals surface area contributed by atoms with Crippen LogP contribution in [0.5, 0.6) is 0 Å². The number of halogens is 2. The van der Waals surface area contributed by atoms with E-state index in [0.717, 1.165) is 0 Å². The first kappa shape index (κ1) is 9.13. The Labute approximate surface area is 70.2 Å². The van der Waals surface area contributed by atoms with Crippen LogP contribution in [-0.2, 0) is 6.42 Å². The molecule has 0 aliphatic carbocycles. The minimum Gasteiger partial charge on any atom is -0.330 e. The van der Waals surface area contributed by atoms with E-state index < -0.39 is 5.82 Å². The van der Waals surface area contributed by atoms with Crippen molar-refractivity contribution in [2.24, 2.45) is 5.73 Å². The molecule has 0 aromatic heterocycles. The van der Waals surface area contributed by atoms with Gasteiger partial charge in [0.1, 0.15) is 11.6 Å². The number of hydrogen-bond acceptors (Lipinski definition) is 1. The summed E-state index contributed by atoms with van der Waals surface area (Å²) in [6.45, 7) is 1.87. The number of benzene rings is 1. The Morgan fingerprint density at radius 2 is 2.00 bits per heavy atom. The highest BCUT2D eigenvalue weighted by atomic mass is 19.1. The third kappa shape index (κ3) is 1.80. The maximum absolute atomic E-state index is 13.1. The Bertz CT molecular complexity index is 284. The van der Waals surface area contributed by atoms with Gasteiger partial charge in [0.2, 0.25) is 0 Å². The van der Waals surface area contributed by atoms with E-state index in [0.29, 0.717) is 24.1 Å². The van der Waals surface area contributed by atoms with Crippen molar-refractivity contribution >= 4 is 0 Å². The van der Waals surface area contributed by atoms with Crippen LogP contribution in [-0.4, -0.2) is 6.54 Å². The Hall–Kier alpha value is -0.960. The van der Waals surface area contributed by atoms with Gasteiger partial charge in [0.05, 0.1) is 0 Å². The van der Waals surface area contributed by atoms with Crippen molar-refractivity contribution in [2.45, 2.75) is 13.3 Å². The van der Waals surface area contributed by atoms with E-state index >= 15 is 0 Å². The summed E-state index contributed by atoms with van der Waals surface area (Å²) in [5.74, 6) is -0.751. The summed E-state index contributed by atoms with van der Waals surface area (Å²) in [6.07, 6.45) is 0.379. The monoisotopic (exact) mass is 171 g/mol. The van der Waals surface area contributed by atoms with Gasteiger partial charge in [0.25, 0.3) is 0 Å². The van der Waals surface area contributed by atoms with Gasteiger partial charge in [-0.25, -0.2) is 8.78 Å². The highest BCUT2D eigenvalue weighted by Gasteiger charge is 2.06. The predicted octanol–water partition coefficient (Wildman–Crippen LogP) is 1.77. The highest BCUT2D eigenvalue weighted by Crippen LogP contribution is 2.14. The molecule has 0 bridgehead atoms. The second-order valence-corrected chi connectivity index (χ2v) is 2.73. The molecule has 66 valence electrons. The number of aryl methyl sites for hydroxylation is 1. The summed E-state index contributed by atoms with van der Waals surface area (Å²) in [7, 11) is 0. The van der Waals surface area contributed by atoms with Gasteiger partial charge in [-0.3, -0.25) is 0 Å². The van der Waals surface area contributed by atoms with Crippen molar-refractivity contribution in [1.82, 2.24) is 0 Å². The smallest absolute Gasteiger partial charge is 0.129 e. The first-order valence-electron chi connectivity index (χ1n) is 3.79. The second kappa shape index (κ2) is 3.63. The first-order valence-corrected chi connectivity index (χ1v) is 3.79. The van der Waals surface area contributed by atoms with Gasteiger partial charge in [-0.05, 0) is 43.1 Å². The Morgan fingerprint density at radius 3 is 2.58 bits per heavy atom. The summed E-state index contributed by atoms with van der Waals surface area (Å²) in [4.78, 5) is 0. The van der Waals surface area contributed by atoms with Crippen LogP contribution in [0, 0.1) is 18.6 Å². The van der Waals surface area contributed by atoms with Crippen LogP contribution in [0.2, 0.25) is 0 Å². The fraction of sp³-hybridized carbons (Fsp3) is 0.333. The van der Waals surface area contributed by atoms with Crippen molar-refractivity contribution in [3.8, 4) is 0 Å². The molecule has 0 fully saturated rings. The maximum Gasteiger partial charge on any atom is 0.129 e. The molecule has 2 N–H and O–H groups in total. The van der Waals surface area contributed by atoms with Gasteiger partial charge < -0.3 is 5.73 Å². The van der Waals surface area contributed by atoms with Crippen molar-refractivity contribution in [3.05, 3.63) is 34.9 Å². The topological polar surface area (TPSA) is 26.0 Å². The molecule has 0 aliphatic heterocycles. The van der Waals surface area contributed by atoms with Gasteiger partial charge in [0, 0.05) is 0 Å². The molecule has 0 aliphatic rings. The van der Waals surface area contributed by atoms with Gasteiger partial charge in [-0.15, -0.1) is 0 Å². The first-order chi connectivity index (χ1) is 5.65. The zero-order valence-electron chi connectivity index (χ0n) is 6.90. The summed E-state index contributed by atoms with van der Waals surface area (Å²) in [6, 6.07) is 2.37. The van der Waals surface area contributed by atoms with Crippen LogP contribution in [0.3, 0.4) is 0 Å². The van der Waals surface area contributed by atoms with Gasteiger partial charge in [0.15, 0.2) is 0 Å². The zero-order chi connectivity index (χ0) is 9.14. The molecule has 0 atom stereocenters. The van der Waals surface area contributed by atoms with Crippen molar-refractivity contribution in [1.29, 1.82) is 0 Å². The van der Waals surface area contributed by atoms with Gasteiger partial charge in [-0.2, -0.15) is 0 Å². The molecule has 0 saturated heterocycles. The summed E-state index contributed by atoms with van der Waals surface area (Å²) in [5, 5.41) is 0. The van der Waals surface area contributed by atoms with Crippen LogP contribution < -0.4 is 5.73 Å². The molecule has 0 amide bonds. The van der Waals surface area contributed by atoms with E-state index in [1.807, 2.05) is 0 Å². The van der Waals surface area contributed by atoms with Crippen LogP contribution in [0.4, 0.5) is 8.78 Å². The molecular weight excluding hydrogens is 160 g/mol. The van der Waals surface area contributed by atoms with Gasteiger partial charge >= 0.3 is 0 Å². The summed E-state index contributed by atoms with van der Waals surface area (Å²) in [5.41, 5.74) is 5.93. The van der Waals surface area contributed by atoms with Crippen LogP contribution in [0.15, 0.2) is 12.1 Å². The molecule has 0 heterocycles. The Kier molecular flexibility index (Phi) is 2.76. The number of nitrogens with two attached hydrogens (primary N) is 1. The Morgan fingerprint density at radius 1 is 1.33 bits per heavy atom. The van der Waals surface area contributed by atoms with Crippen LogP contribution >= 0.6 is 0 Å². The minimum absolute atomic E-state index is 0.332. The molecule has 1 rings (SSSR count). The van der Waals surface area contributed by atoms with Crippen LogP contribution in [0.25, 0.3) is 0 Å². The average molecular weight is 171 g/mol. The standard InChI is InChI=1S/C9H11F2N/c1-6-4-8(10)5-7(2-3-12)9(6)11/h4-5H,2-3,12H2,1H3. The Balaban J connectivity index is 3.09. The van der Waals surface area contributed by atoms with Gasteiger partial charge in [-0.1, -0.05) is 0 Å². The van der Waals surface area contributed by atoms with Crippen molar-refractivity contribution < 1.29 is 8.78 Å². The number of rotatable bonds is 2. The summed E-state index contributed by atoms with van der Waals surface area (Å²) >= 11 is 0. The van der Waals surface area contributed by atoms with E-state index in [1.165, 1.54) is 12.1 Å². The lowest BCUT2D eigenvalue weighted by atomic mass is 10.1. The molecule has 0 radical (unpaired) electrons. The summed E-state index contributed by atoms with van der Waals surface area (Å²) < 4.78 is 25.9. The molecule has 12 heavy (non-hydrogen) atoms. The largest absolute Gasteiger partial charge is 0.330 e. The quantitative estimate of drug-likeness (QED) is 0.721. The highest BCUT2D eigenvalue weighted by molar-refractivity contribution is 5.26. The lowest BCUT2D eigenvalue weighted by molar-refractivity contribution is 0.577. The minimum atomic E-state index is -0.405. The molecule has 1 aromatic carbocycles. The molecule has 0 saturated carbocycles. The fourth-order valence-electron chi connectivity index (χ4n) is 1.13. The molecule has 1 nitrogen and oxygen atoms in total. The normalized spacial score (nSPS) is 10.3. The second-order valence-electron chi connectivity index (χ2n) is 2.73. The predicted molar refractivity (Wildman–Crippen MR) is 43.9 cm³/mol. The lowest BCUT2D eigenvalue weighted by Gasteiger charge is -2.03. The molecule has 0 unspecified atom stereocenters. The SMILES string of the molecule is Cc1cc(F)cc(CCN)c1F. The lowest BCUT2D eigenvalue weighted by Crippen LogP contribution is -2.05. The van der Waals surface area contributed by atoms with Crippen molar-refractivity contribution in [2.75, 3.05) is 6.54 Å². The fourth-order valence-corrected chi connectivity index (χ4v) is 1.13. The van der Waals surface area contributed by atoms with Crippen LogP contribution in [0.1, 0.15) is 11.1 Å². The molecular formula is C9H11F2N. The zero-order valence-corrected chi connectivity index (χ0v) is 6.90. The van der Waals surface area contributed by atoms with Crippen molar-refractivity contribution in [3.63, 3.8) is 0 Å². The van der Waals surface area contributed by atoms with E-state index in [1.54, 1.807) is 6.92 Å². The van der Waals surface area contributed by atoms with E-state index in [4.69, 9.17) is 5.73 Å². The third-order valence-electron chi connectivity index (χ3n) is 1.71. The van der Waals surface area contributed by atoms with E-state index in [-0.39, 0.29) is 5.82 Å². The van der Waals surface area contributed by atoms with E-state index in [2.05, 4.69) is 0 Å². The molecule has 0 spiro atoms. The molecule has 3 heteroatoms. The van der Waals surface area contributed by atoms with E-state index in [9.17, 15) is 8.78 Å². The molecule has 1 aromatic rings. The number of hydrogen-bond donors (Lipinski definition) is 1. The third-order valence-corrected chi connectivity index (χ3v) is 1.71.